The maximum atomic E-state index is 13.2. The number of anilines is 1. The topological polar surface area (TPSA) is 116 Å². The highest BCUT2D eigenvalue weighted by Crippen LogP contribution is 2.37. The molecule has 222 valence electrons. The highest BCUT2D eigenvalue weighted by Gasteiger charge is 2.48. The second kappa shape index (κ2) is 11.7. The van der Waals surface area contributed by atoms with Gasteiger partial charge >= 0.3 is 0 Å². The van der Waals surface area contributed by atoms with Crippen molar-refractivity contribution in [1.29, 1.82) is 0 Å². The van der Waals surface area contributed by atoms with Crippen molar-refractivity contribution in [2.24, 2.45) is 16.8 Å². The molecule has 0 atom stereocenters. The van der Waals surface area contributed by atoms with Crippen LogP contribution >= 0.6 is 0 Å². The van der Waals surface area contributed by atoms with E-state index in [2.05, 4.69) is 5.32 Å². The minimum atomic E-state index is -3.58. The molecule has 4 aliphatic rings. The largest absolute Gasteiger partial charge is 0.312 e. The number of carbonyl (C=O) groups excluding carboxylic acids is 3. The van der Waals surface area contributed by atoms with Gasteiger partial charge in [0, 0.05) is 31.8 Å². The van der Waals surface area contributed by atoms with E-state index in [1.54, 1.807) is 18.2 Å². The summed E-state index contributed by atoms with van der Waals surface area (Å²) in [4.78, 5) is 43.1. The van der Waals surface area contributed by atoms with Gasteiger partial charge in [0.2, 0.25) is 21.8 Å². The summed E-state index contributed by atoms with van der Waals surface area (Å²) in [6.45, 7) is 2.25. The predicted octanol–water partition coefficient (Wildman–Crippen LogP) is 3.86. The lowest BCUT2D eigenvalue weighted by atomic mass is 9.80. The minimum absolute atomic E-state index is 0.0897. The first-order chi connectivity index (χ1) is 19.5. The Labute approximate surface area is 239 Å². The summed E-state index contributed by atoms with van der Waals surface area (Å²) in [5.74, 6) is 0.238. The monoisotopic (exact) mass is 590 g/mol. The van der Waals surface area contributed by atoms with Crippen LogP contribution in [0.5, 0.6) is 0 Å². The Kier molecular flexibility index (Phi) is 8.43. The summed E-state index contributed by atoms with van der Waals surface area (Å²) in [6, 6.07) is 5.20. The van der Waals surface area contributed by atoms with Gasteiger partial charge < -0.3 is 5.32 Å². The zero-order valence-electron chi connectivity index (χ0n) is 23.2. The van der Waals surface area contributed by atoms with Crippen molar-refractivity contribution in [3.05, 3.63) is 41.5 Å². The van der Waals surface area contributed by atoms with Crippen molar-refractivity contribution in [3.8, 4) is 0 Å². The normalized spacial score (nSPS) is 25.0. The molecule has 1 saturated carbocycles. The number of hydrogen-bond acceptors (Lipinski definition) is 6. The maximum Gasteiger partial charge on any atom is 0.266 e. The molecule has 5 rings (SSSR count). The fraction of sp³-hybridized carbons (Fsp3) is 0.586. The average molecular weight is 591 g/mol. The molecule has 0 bridgehead atoms. The fourth-order valence-electron chi connectivity index (χ4n) is 6.47. The zero-order valence-corrected chi connectivity index (χ0v) is 24.0. The van der Waals surface area contributed by atoms with Gasteiger partial charge in [-0.2, -0.15) is 8.78 Å². The molecule has 1 N–H and O–H groups in total. The van der Waals surface area contributed by atoms with Gasteiger partial charge in [-0.25, -0.2) is 12.7 Å². The van der Waals surface area contributed by atoms with E-state index in [-0.39, 0.29) is 67.7 Å². The maximum absolute atomic E-state index is 13.2. The number of allylic oxidation sites excluding steroid dienone is 1. The number of halogens is 2. The third-order valence-electron chi connectivity index (χ3n) is 9.05. The number of nitrogens with zero attached hydrogens (tertiary/aromatic N) is 3. The molecule has 41 heavy (non-hydrogen) atoms. The van der Waals surface area contributed by atoms with Crippen LogP contribution in [0.1, 0.15) is 68.9 Å². The standard InChI is InChI=1S/C29H36F2N4O5S/c1-19-18-23(35-25(36)10-11-26(35)37)8-7-21(19)12-17-41(39,40)34-15-13-29(14-16-34)28(38)32-27(33-29)22-5-2-20(3-6-22)4-9-24(30)31/h7-9,18,20,22H,2-6,10-17H2,1H3,(H,32,33,38). The van der Waals surface area contributed by atoms with Crippen LogP contribution in [0.25, 0.3) is 0 Å². The molecule has 0 aromatic heterocycles. The second-order valence-corrected chi connectivity index (χ2v) is 13.7. The molecule has 0 radical (unpaired) electrons. The summed E-state index contributed by atoms with van der Waals surface area (Å²) in [5.41, 5.74) is 1.20. The molecule has 0 unspecified atom stereocenters. The van der Waals surface area contributed by atoms with E-state index in [1.165, 1.54) is 9.21 Å². The third kappa shape index (κ3) is 6.28. The molecule has 3 amide bonds. The Morgan fingerprint density at radius 2 is 1.73 bits per heavy atom. The molecule has 1 aliphatic carbocycles. The number of nitrogens with one attached hydrogen (secondary N) is 1. The molecule has 1 aromatic rings. The first-order valence-corrected chi connectivity index (χ1v) is 15.9. The van der Waals surface area contributed by atoms with Crippen LogP contribution in [0.3, 0.4) is 0 Å². The molecule has 2 saturated heterocycles. The van der Waals surface area contributed by atoms with E-state index >= 15 is 0 Å². The summed E-state index contributed by atoms with van der Waals surface area (Å²) < 4.78 is 52.7. The van der Waals surface area contributed by atoms with E-state index in [9.17, 15) is 31.6 Å². The smallest absolute Gasteiger partial charge is 0.266 e. The van der Waals surface area contributed by atoms with E-state index in [1.807, 2.05) is 6.92 Å². The zero-order chi connectivity index (χ0) is 29.4. The van der Waals surface area contributed by atoms with Gasteiger partial charge in [-0.15, -0.1) is 0 Å². The number of hydrogen-bond donors (Lipinski definition) is 1. The quantitative estimate of drug-likeness (QED) is 0.462. The van der Waals surface area contributed by atoms with Gasteiger partial charge in [-0.1, -0.05) is 6.07 Å². The molecule has 1 spiro atoms. The Balaban J connectivity index is 1.15. The molecule has 3 heterocycles. The molecule has 1 aromatic carbocycles. The highest BCUT2D eigenvalue weighted by molar-refractivity contribution is 7.89. The first kappa shape index (κ1) is 29.5. The van der Waals surface area contributed by atoms with E-state index in [0.717, 1.165) is 42.9 Å². The molecular formula is C29H36F2N4O5S. The van der Waals surface area contributed by atoms with Crippen LogP contribution in [0, 0.1) is 18.8 Å². The molecule has 9 nitrogen and oxygen atoms in total. The Bertz CT molecular complexity index is 1370. The molecule has 3 fully saturated rings. The van der Waals surface area contributed by atoms with Crippen molar-refractivity contribution in [2.45, 2.75) is 76.7 Å². The Morgan fingerprint density at radius 1 is 1.07 bits per heavy atom. The van der Waals surface area contributed by atoms with Crippen LogP contribution in [0.15, 0.2) is 35.3 Å². The highest BCUT2D eigenvalue weighted by atomic mass is 32.2. The van der Waals surface area contributed by atoms with Gasteiger partial charge in [-0.05, 0) is 93.5 Å². The SMILES string of the molecule is Cc1cc(N2C(=O)CCC2=O)ccc1CCS(=O)(=O)N1CCC2(CC1)N=C(C1CCC(CC=C(F)F)CC1)NC2=O. The van der Waals surface area contributed by atoms with Crippen LogP contribution in [0.2, 0.25) is 0 Å². The average Bonchev–Trinajstić information content (AvgIpc) is 3.44. The number of piperidine rings is 1. The van der Waals surface area contributed by atoms with Crippen LogP contribution in [-0.2, 0) is 30.8 Å². The van der Waals surface area contributed by atoms with Crippen LogP contribution in [-0.4, -0.2) is 60.7 Å². The number of amidine groups is 1. The summed E-state index contributed by atoms with van der Waals surface area (Å²) in [5, 5.41) is 2.95. The fourth-order valence-corrected chi connectivity index (χ4v) is 7.94. The number of imide groups is 1. The number of sulfonamides is 1. The van der Waals surface area contributed by atoms with Crippen molar-refractivity contribution in [2.75, 3.05) is 23.7 Å². The number of aliphatic imine (C=N–C) groups is 1. The number of carbonyl (C=O) groups is 3. The molecule has 3 aliphatic heterocycles. The van der Waals surface area contributed by atoms with Crippen LogP contribution < -0.4 is 10.2 Å². The van der Waals surface area contributed by atoms with E-state index in [4.69, 9.17) is 4.99 Å². The summed E-state index contributed by atoms with van der Waals surface area (Å²) in [6.07, 6.45) is 4.20. The minimum Gasteiger partial charge on any atom is -0.312 e. The van der Waals surface area contributed by atoms with Crippen molar-refractivity contribution in [3.63, 3.8) is 0 Å². The number of aryl methyl sites for hydroxylation is 2. The second-order valence-electron chi connectivity index (χ2n) is 11.6. The Morgan fingerprint density at radius 3 is 2.34 bits per heavy atom. The number of amides is 3. The Hall–Kier alpha value is -2.99. The molecule has 12 heteroatoms. The number of benzene rings is 1. The van der Waals surface area contributed by atoms with Crippen molar-refractivity contribution >= 4 is 39.3 Å². The van der Waals surface area contributed by atoms with Gasteiger partial charge in [0.05, 0.1) is 11.4 Å². The van der Waals surface area contributed by atoms with Gasteiger partial charge in [-0.3, -0.25) is 24.3 Å². The first-order valence-electron chi connectivity index (χ1n) is 14.3. The van der Waals surface area contributed by atoms with Crippen LogP contribution in [0.4, 0.5) is 14.5 Å². The summed E-state index contributed by atoms with van der Waals surface area (Å²) in [7, 11) is -3.58. The molecular weight excluding hydrogens is 554 g/mol. The lowest BCUT2D eigenvalue weighted by Crippen LogP contribution is -2.51. The third-order valence-corrected chi connectivity index (χ3v) is 10.9. The predicted molar refractivity (Wildman–Crippen MR) is 150 cm³/mol. The lowest BCUT2D eigenvalue weighted by molar-refractivity contribution is -0.125. The lowest BCUT2D eigenvalue weighted by Gasteiger charge is -2.34. The van der Waals surface area contributed by atoms with E-state index in [0.29, 0.717) is 30.8 Å². The van der Waals surface area contributed by atoms with E-state index < -0.39 is 21.6 Å². The van der Waals surface area contributed by atoms with Gasteiger partial charge in [0.15, 0.2) is 0 Å². The van der Waals surface area contributed by atoms with Gasteiger partial charge in [0.25, 0.3) is 12.0 Å². The number of rotatable bonds is 8. The van der Waals surface area contributed by atoms with Crippen molar-refractivity contribution < 1.29 is 31.6 Å². The summed E-state index contributed by atoms with van der Waals surface area (Å²) >= 11 is 0. The van der Waals surface area contributed by atoms with Crippen molar-refractivity contribution in [1.82, 2.24) is 9.62 Å². The van der Waals surface area contributed by atoms with Gasteiger partial charge in [0.1, 0.15) is 11.4 Å².